The molecule has 0 unspecified atom stereocenters. The van der Waals surface area contributed by atoms with Crippen LogP contribution >= 0.6 is 11.8 Å². The third kappa shape index (κ3) is 4.86. The molecule has 0 spiro atoms. The lowest BCUT2D eigenvalue weighted by atomic mass is 10.2. The number of benzene rings is 2. The molecule has 1 saturated heterocycles. The Hall–Kier alpha value is -2.64. The van der Waals surface area contributed by atoms with E-state index in [2.05, 4.69) is 49.2 Å². The van der Waals surface area contributed by atoms with Crippen molar-refractivity contribution in [1.82, 2.24) is 19.7 Å². The maximum Gasteiger partial charge on any atom is 0.238 e. The molecule has 1 aromatic heterocycles. The number of para-hydroxylation sites is 1. The molecule has 2 aromatic carbocycles. The SMILES string of the molecule is Cn1c(SCc2ccccc2)nnc1[C@H]1CCCN1CC(=O)Nc1ccccc1. The fourth-order valence-electron chi connectivity index (χ4n) is 3.68. The van der Waals surface area contributed by atoms with Gasteiger partial charge in [0.05, 0.1) is 12.6 Å². The summed E-state index contributed by atoms with van der Waals surface area (Å²) in [5.41, 5.74) is 2.09. The second-order valence-electron chi connectivity index (χ2n) is 7.22. The fourth-order valence-corrected chi connectivity index (χ4v) is 4.55. The molecule has 1 aliphatic heterocycles. The van der Waals surface area contributed by atoms with Gasteiger partial charge < -0.3 is 9.88 Å². The average Bonchev–Trinajstić information content (AvgIpc) is 3.34. The van der Waals surface area contributed by atoms with Crippen LogP contribution in [0.1, 0.15) is 30.3 Å². The summed E-state index contributed by atoms with van der Waals surface area (Å²) < 4.78 is 2.08. The zero-order chi connectivity index (χ0) is 20.1. The van der Waals surface area contributed by atoms with E-state index in [4.69, 9.17) is 0 Å². The van der Waals surface area contributed by atoms with Gasteiger partial charge in [-0.3, -0.25) is 9.69 Å². The third-order valence-electron chi connectivity index (χ3n) is 5.15. The van der Waals surface area contributed by atoms with E-state index in [0.717, 1.165) is 41.8 Å². The fraction of sp³-hybridized carbons (Fsp3) is 0.318. The number of carbonyl (C=O) groups is 1. The lowest BCUT2D eigenvalue weighted by Gasteiger charge is -2.23. The van der Waals surface area contributed by atoms with E-state index in [1.54, 1.807) is 11.8 Å². The highest BCUT2D eigenvalue weighted by Gasteiger charge is 2.31. The van der Waals surface area contributed by atoms with Crippen LogP contribution in [-0.4, -0.2) is 38.7 Å². The van der Waals surface area contributed by atoms with Gasteiger partial charge in [0, 0.05) is 18.5 Å². The number of hydrogen-bond donors (Lipinski definition) is 1. The zero-order valence-electron chi connectivity index (χ0n) is 16.5. The molecule has 1 aliphatic rings. The summed E-state index contributed by atoms with van der Waals surface area (Å²) >= 11 is 1.69. The number of amides is 1. The van der Waals surface area contributed by atoms with Crippen LogP contribution in [0.4, 0.5) is 5.69 Å². The summed E-state index contributed by atoms with van der Waals surface area (Å²) in [5.74, 6) is 1.80. The Morgan fingerprint density at radius 2 is 1.83 bits per heavy atom. The smallest absolute Gasteiger partial charge is 0.238 e. The Balaban J connectivity index is 1.39. The highest BCUT2D eigenvalue weighted by atomic mass is 32.2. The van der Waals surface area contributed by atoms with Crippen molar-refractivity contribution in [2.75, 3.05) is 18.4 Å². The number of likely N-dealkylation sites (tertiary alicyclic amines) is 1. The monoisotopic (exact) mass is 407 g/mol. The summed E-state index contributed by atoms with van der Waals surface area (Å²) in [7, 11) is 2.02. The van der Waals surface area contributed by atoms with Crippen molar-refractivity contribution >= 4 is 23.4 Å². The summed E-state index contributed by atoms with van der Waals surface area (Å²) in [4.78, 5) is 14.7. The van der Waals surface area contributed by atoms with Crippen molar-refractivity contribution < 1.29 is 4.79 Å². The Labute approximate surface area is 175 Å². The summed E-state index contributed by atoms with van der Waals surface area (Å²) in [5, 5.41) is 12.8. The number of thioether (sulfide) groups is 1. The molecule has 6 nitrogen and oxygen atoms in total. The predicted octanol–water partition coefficient (Wildman–Crippen LogP) is 3.88. The lowest BCUT2D eigenvalue weighted by molar-refractivity contribution is -0.117. The van der Waals surface area contributed by atoms with Crippen LogP contribution in [-0.2, 0) is 17.6 Å². The van der Waals surface area contributed by atoms with Gasteiger partial charge in [-0.15, -0.1) is 10.2 Å². The highest BCUT2D eigenvalue weighted by Crippen LogP contribution is 2.32. The van der Waals surface area contributed by atoms with Crippen molar-refractivity contribution in [2.24, 2.45) is 7.05 Å². The van der Waals surface area contributed by atoms with Gasteiger partial charge >= 0.3 is 0 Å². The van der Waals surface area contributed by atoms with Gasteiger partial charge in [-0.05, 0) is 37.1 Å². The van der Waals surface area contributed by atoms with Crippen LogP contribution in [0, 0.1) is 0 Å². The van der Waals surface area contributed by atoms with Gasteiger partial charge in [-0.2, -0.15) is 0 Å². The first-order valence-electron chi connectivity index (χ1n) is 9.85. The minimum atomic E-state index is 0.00365. The second-order valence-corrected chi connectivity index (χ2v) is 8.16. The van der Waals surface area contributed by atoms with Gasteiger partial charge in [-0.25, -0.2) is 0 Å². The van der Waals surface area contributed by atoms with Crippen molar-refractivity contribution in [1.29, 1.82) is 0 Å². The minimum Gasteiger partial charge on any atom is -0.325 e. The summed E-state index contributed by atoms with van der Waals surface area (Å²) in [6.07, 6.45) is 2.05. The standard InChI is InChI=1S/C22H25N5OS/c1-26-21(24-25-22(26)29-16-17-9-4-2-5-10-17)19-13-8-14-27(19)15-20(28)23-18-11-6-3-7-12-18/h2-7,9-12,19H,8,13-16H2,1H3,(H,23,28)/t19-/m1/s1. The van der Waals surface area contributed by atoms with Crippen LogP contribution in [0.5, 0.6) is 0 Å². The van der Waals surface area contributed by atoms with Crippen LogP contribution in [0.15, 0.2) is 65.8 Å². The van der Waals surface area contributed by atoms with E-state index >= 15 is 0 Å². The molecule has 1 fully saturated rings. The first-order valence-corrected chi connectivity index (χ1v) is 10.8. The van der Waals surface area contributed by atoms with Crippen molar-refractivity contribution in [3.05, 3.63) is 72.1 Å². The first kappa shape index (κ1) is 19.7. The van der Waals surface area contributed by atoms with E-state index < -0.39 is 0 Å². The Morgan fingerprint density at radius 1 is 1.10 bits per heavy atom. The first-order chi connectivity index (χ1) is 14.2. The predicted molar refractivity (Wildman–Crippen MR) is 116 cm³/mol. The lowest BCUT2D eigenvalue weighted by Crippen LogP contribution is -2.33. The molecule has 3 aromatic rings. The van der Waals surface area contributed by atoms with Crippen molar-refractivity contribution in [2.45, 2.75) is 29.8 Å². The maximum absolute atomic E-state index is 12.5. The molecule has 2 heterocycles. The molecular weight excluding hydrogens is 382 g/mol. The van der Waals surface area contributed by atoms with E-state index in [9.17, 15) is 4.79 Å². The van der Waals surface area contributed by atoms with Crippen molar-refractivity contribution in [3.8, 4) is 0 Å². The molecule has 0 radical (unpaired) electrons. The molecule has 1 N–H and O–H groups in total. The molecule has 0 bridgehead atoms. The van der Waals surface area contributed by atoms with Gasteiger partial charge in [-0.1, -0.05) is 60.3 Å². The second kappa shape index (κ2) is 9.24. The molecule has 1 amide bonds. The van der Waals surface area contributed by atoms with Crippen molar-refractivity contribution in [3.63, 3.8) is 0 Å². The van der Waals surface area contributed by atoms with Crippen LogP contribution in [0.3, 0.4) is 0 Å². The number of aromatic nitrogens is 3. The van der Waals surface area contributed by atoms with Gasteiger partial charge in [0.1, 0.15) is 0 Å². The topological polar surface area (TPSA) is 63.1 Å². The molecule has 0 aliphatic carbocycles. The number of nitrogens with one attached hydrogen (secondary N) is 1. The zero-order valence-corrected chi connectivity index (χ0v) is 17.3. The number of rotatable bonds is 7. The van der Waals surface area contributed by atoms with Crippen LogP contribution < -0.4 is 5.32 Å². The van der Waals surface area contributed by atoms with Gasteiger partial charge in [0.25, 0.3) is 0 Å². The quantitative estimate of drug-likeness (QED) is 0.602. The van der Waals surface area contributed by atoms with Crippen LogP contribution in [0.2, 0.25) is 0 Å². The van der Waals surface area contributed by atoms with E-state index in [1.807, 2.05) is 43.4 Å². The molecule has 1 atom stereocenters. The molecule has 7 heteroatoms. The summed E-state index contributed by atoms with van der Waals surface area (Å²) in [6.45, 7) is 1.26. The number of carbonyl (C=O) groups excluding carboxylic acids is 1. The number of hydrogen-bond acceptors (Lipinski definition) is 5. The normalized spacial score (nSPS) is 16.8. The van der Waals surface area contributed by atoms with E-state index in [0.29, 0.717) is 6.54 Å². The minimum absolute atomic E-state index is 0.00365. The average molecular weight is 408 g/mol. The highest BCUT2D eigenvalue weighted by molar-refractivity contribution is 7.98. The van der Waals surface area contributed by atoms with Gasteiger partial charge in [0.15, 0.2) is 11.0 Å². The molecular formula is C22H25N5OS. The Kier molecular flexibility index (Phi) is 6.27. The maximum atomic E-state index is 12.5. The Bertz CT molecular complexity index is 944. The summed E-state index contributed by atoms with van der Waals surface area (Å²) in [6, 6.07) is 20.1. The number of nitrogens with zero attached hydrogens (tertiary/aromatic N) is 4. The van der Waals surface area contributed by atoms with E-state index in [-0.39, 0.29) is 11.9 Å². The Morgan fingerprint density at radius 3 is 2.59 bits per heavy atom. The van der Waals surface area contributed by atoms with Crippen LogP contribution in [0.25, 0.3) is 0 Å². The number of anilines is 1. The largest absolute Gasteiger partial charge is 0.325 e. The molecule has 0 saturated carbocycles. The van der Waals surface area contributed by atoms with Gasteiger partial charge in [0.2, 0.25) is 5.91 Å². The van der Waals surface area contributed by atoms with E-state index in [1.165, 1.54) is 5.56 Å². The molecule has 29 heavy (non-hydrogen) atoms. The third-order valence-corrected chi connectivity index (χ3v) is 6.24. The molecule has 150 valence electrons. The molecule has 4 rings (SSSR count).